The summed E-state index contributed by atoms with van der Waals surface area (Å²) >= 11 is 0. The molecule has 0 saturated carbocycles. The van der Waals surface area contributed by atoms with E-state index in [-0.39, 0.29) is 18.3 Å². The summed E-state index contributed by atoms with van der Waals surface area (Å²) in [4.78, 5) is 19.6. The van der Waals surface area contributed by atoms with E-state index in [1.54, 1.807) is 12.3 Å². The van der Waals surface area contributed by atoms with Gasteiger partial charge in [0.05, 0.1) is 17.3 Å². The molecule has 0 radical (unpaired) electrons. The molecular weight excluding hydrogens is 350 g/mol. The monoisotopic (exact) mass is 373 g/mol. The SMILES string of the molecule is CCN(CC)CCNC(=O)c1cc(-c2ccco2)nc2ccccc12.Cl. The number of carbonyl (C=O) groups excluding carboxylic acids is 1. The first-order valence-electron chi connectivity index (χ1n) is 8.67. The molecule has 0 aliphatic rings. The van der Waals surface area contributed by atoms with E-state index < -0.39 is 0 Å². The van der Waals surface area contributed by atoms with Crippen LogP contribution in [0.15, 0.2) is 53.1 Å². The molecule has 0 fully saturated rings. The van der Waals surface area contributed by atoms with Crippen LogP contribution >= 0.6 is 12.4 Å². The first-order valence-corrected chi connectivity index (χ1v) is 8.67. The maximum atomic E-state index is 12.8. The Morgan fingerprint density at radius 3 is 2.62 bits per heavy atom. The van der Waals surface area contributed by atoms with Gasteiger partial charge >= 0.3 is 0 Å². The van der Waals surface area contributed by atoms with Gasteiger partial charge in [0.25, 0.3) is 5.91 Å². The van der Waals surface area contributed by atoms with Gasteiger partial charge in [-0.3, -0.25) is 4.79 Å². The van der Waals surface area contributed by atoms with E-state index in [0.717, 1.165) is 30.5 Å². The smallest absolute Gasteiger partial charge is 0.252 e. The molecule has 1 N–H and O–H groups in total. The van der Waals surface area contributed by atoms with E-state index in [4.69, 9.17) is 4.42 Å². The fourth-order valence-electron chi connectivity index (χ4n) is 2.88. The first-order chi connectivity index (χ1) is 12.2. The molecule has 3 rings (SSSR count). The molecular formula is C20H24ClN3O2. The van der Waals surface area contributed by atoms with Crippen LogP contribution in [0.3, 0.4) is 0 Å². The second-order valence-corrected chi connectivity index (χ2v) is 5.83. The second-order valence-electron chi connectivity index (χ2n) is 5.83. The van der Waals surface area contributed by atoms with Gasteiger partial charge in [0.2, 0.25) is 0 Å². The Morgan fingerprint density at radius 2 is 1.92 bits per heavy atom. The number of aromatic nitrogens is 1. The number of carbonyl (C=O) groups is 1. The minimum Gasteiger partial charge on any atom is -0.463 e. The zero-order chi connectivity index (χ0) is 17.6. The number of furan rings is 1. The van der Waals surface area contributed by atoms with E-state index in [1.165, 1.54) is 0 Å². The van der Waals surface area contributed by atoms with Crippen molar-refractivity contribution in [3.05, 3.63) is 54.3 Å². The predicted molar refractivity (Wildman–Crippen MR) is 107 cm³/mol. The molecule has 2 heterocycles. The maximum absolute atomic E-state index is 12.8. The number of hydrogen-bond donors (Lipinski definition) is 1. The number of likely N-dealkylation sites (N-methyl/N-ethyl adjacent to an activating group) is 1. The molecule has 2 aromatic heterocycles. The molecule has 0 atom stereocenters. The highest BCUT2D eigenvalue weighted by molar-refractivity contribution is 6.07. The van der Waals surface area contributed by atoms with Gasteiger partial charge < -0.3 is 14.6 Å². The summed E-state index contributed by atoms with van der Waals surface area (Å²) in [5.74, 6) is 0.571. The number of rotatable bonds is 7. The van der Waals surface area contributed by atoms with Gasteiger partial charge in [-0.1, -0.05) is 32.0 Å². The Morgan fingerprint density at radius 1 is 1.15 bits per heavy atom. The average molecular weight is 374 g/mol. The van der Waals surface area contributed by atoms with Crippen LogP contribution in [-0.2, 0) is 0 Å². The third-order valence-corrected chi connectivity index (χ3v) is 4.34. The van der Waals surface area contributed by atoms with Crippen molar-refractivity contribution in [2.45, 2.75) is 13.8 Å². The van der Waals surface area contributed by atoms with Crippen molar-refractivity contribution in [3.63, 3.8) is 0 Å². The van der Waals surface area contributed by atoms with Crippen LogP contribution in [0.1, 0.15) is 24.2 Å². The normalized spacial score (nSPS) is 10.7. The van der Waals surface area contributed by atoms with Crippen molar-refractivity contribution in [3.8, 4) is 11.5 Å². The number of hydrogen-bond acceptors (Lipinski definition) is 4. The summed E-state index contributed by atoms with van der Waals surface area (Å²) in [5, 5.41) is 3.87. The molecule has 138 valence electrons. The minimum absolute atomic E-state index is 0. The van der Waals surface area contributed by atoms with Gasteiger partial charge in [-0.05, 0) is 37.4 Å². The number of nitrogens with zero attached hydrogens (tertiary/aromatic N) is 2. The predicted octanol–water partition coefficient (Wildman–Crippen LogP) is 3.99. The first kappa shape index (κ1) is 19.9. The van der Waals surface area contributed by atoms with Crippen LogP contribution in [0.25, 0.3) is 22.4 Å². The van der Waals surface area contributed by atoms with E-state index in [2.05, 4.69) is 29.0 Å². The highest BCUT2D eigenvalue weighted by Crippen LogP contribution is 2.25. The summed E-state index contributed by atoms with van der Waals surface area (Å²) < 4.78 is 5.44. The number of benzene rings is 1. The Labute approximate surface area is 159 Å². The van der Waals surface area contributed by atoms with Crippen molar-refractivity contribution >= 4 is 29.2 Å². The van der Waals surface area contributed by atoms with Gasteiger partial charge in [-0.25, -0.2) is 4.98 Å². The minimum atomic E-state index is -0.0847. The van der Waals surface area contributed by atoms with Crippen LogP contribution < -0.4 is 5.32 Å². The molecule has 0 unspecified atom stereocenters. The molecule has 26 heavy (non-hydrogen) atoms. The average Bonchev–Trinajstić information content (AvgIpc) is 3.19. The lowest BCUT2D eigenvalue weighted by Crippen LogP contribution is -2.34. The van der Waals surface area contributed by atoms with Gasteiger partial charge in [0.15, 0.2) is 5.76 Å². The number of halogens is 1. The number of para-hydroxylation sites is 1. The quantitative estimate of drug-likeness (QED) is 0.680. The van der Waals surface area contributed by atoms with Crippen LogP contribution in [0, 0.1) is 0 Å². The van der Waals surface area contributed by atoms with E-state index in [1.807, 2.05) is 36.4 Å². The lowest BCUT2D eigenvalue weighted by atomic mass is 10.1. The molecule has 3 aromatic rings. The molecule has 1 aromatic carbocycles. The van der Waals surface area contributed by atoms with E-state index >= 15 is 0 Å². The third-order valence-electron chi connectivity index (χ3n) is 4.34. The summed E-state index contributed by atoms with van der Waals surface area (Å²) in [6, 6.07) is 13.1. The third kappa shape index (κ3) is 4.42. The summed E-state index contributed by atoms with van der Waals surface area (Å²) in [6.07, 6.45) is 1.61. The Hall–Kier alpha value is -2.37. The van der Waals surface area contributed by atoms with Crippen LogP contribution in [0.5, 0.6) is 0 Å². The molecule has 0 aliphatic heterocycles. The Bertz CT molecular complexity index is 845. The van der Waals surface area contributed by atoms with Crippen LogP contribution in [-0.4, -0.2) is 42.0 Å². The fourth-order valence-corrected chi connectivity index (χ4v) is 2.88. The van der Waals surface area contributed by atoms with Crippen molar-refractivity contribution in [2.75, 3.05) is 26.2 Å². The number of fused-ring (bicyclic) bond motifs is 1. The van der Waals surface area contributed by atoms with Crippen molar-refractivity contribution in [1.29, 1.82) is 0 Å². The molecule has 0 aliphatic carbocycles. The van der Waals surface area contributed by atoms with Gasteiger partial charge in [0, 0.05) is 18.5 Å². The van der Waals surface area contributed by atoms with E-state index in [0.29, 0.717) is 23.6 Å². The topological polar surface area (TPSA) is 58.4 Å². The fraction of sp³-hybridized carbons (Fsp3) is 0.300. The zero-order valence-corrected chi connectivity index (χ0v) is 15.9. The molecule has 0 bridgehead atoms. The van der Waals surface area contributed by atoms with Crippen LogP contribution in [0.4, 0.5) is 0 Å². The highest BCUT2D eigenvalue weighted by atomic mass is 35.5. The summed E-state index contributed by atoms with van der Waals surface area (Å²) in [7, 11) is 0. The van der Waals surface area contributed by atoms with E-state index in [9.17, 15) is 4.79 Å². The Kier molecular flexibility index (Phi) is 7.18. The lowest BCUT2D eigenvalue weighted by molar-refractivity contribution is 0.0950. The molecule has 6 heteroatoms. The largest absolute Gasteiger partial charge is 0.463 e. The Balaban J connectivity index is 0.00000243. The van der Waals surface area contributed by atoms with Crippen LogP contribution in [0.2, 0.25) is 0 Å². The van der Waals surface area contributed by atoms with Crippen molar-refractivity contribution in [2.24, 2.45) is 0 Å². The maximum Gasteiger partial charge on any atom is 0.252 e. The molecule has 0 spiro atoms. The van der Waals surface area contributed by atoms with Gasteiger partial charge in [-0.15, -0.1) is 12.4 Å². The number of amides is 1. The molecule has 1 amide bonds. The molecule has 0 saturated heterocycles. The van der Waals surface area contributed by atoms with Gasteiger partial charge in [-0.2, -0.15) is 0 Å². The zero-order valence-electron chi connectivity index (χ0n) is 15.1. The summed E-state index contributed by atoms with van der Waals surface area (Å²) in [6.45, 7) is 7.66. The van der Waals surface area contributed by atoms with Crippen molar-refractivity contribution in [1.82, 2.24) is 15.2 Å². The standard InChI is InChI=1S/C20H23N3O2.ClH/c1-3-23(4-2)12-11-21-20(24)16-14-18(19-10-7-13-25-19)22-17-9-6-5-8-15(16)17;/h5-10,13-14H,3-4,11-12H2,1-2H3,(H,21,24);1H. The second kappa shape index (κ2) is 9.36. The molecule has 5 nitrogen and oxygen atoms in total. The van der Waals surface area contributed by atoms with Crippen molar-refractivity contribution < 1.29 is 9.21 Å². The summed E-state index contributed by atoms with van der Waals surface area (Å²) in [5.41, 5.74) is 2.07. The lowest BCUT2D eigenvalue weighted by Gasteiger charge is -2.18. The van der Waals surface area contributed by atoms with Gasteiger partial charge in [0.1, 0.15) is 5.69 Å². The number of nitrogens with one attached hydrogen (secondary N) is 1. The number of pyridine rings is 1. The highest BCUT2D eigenvalue weighted by Gasteiger charge is 2.14.